The molecule has 2 amide bonds. The Morgan fingerprint density at radius 1 is 1.03 bits per heavy atom. The first-order valence-corrected chi connectivity index (χ1v) is 11.2. The number of nitrogens with one attached hydrogen (secondary N) is 1. The largest absolute Gasteiger partial charge is 0.486 e. The second-order valence-electron chi connectivity index (χ2n) is 9.29. The number of amides is 2. The summed E-state index contributed by atoms with van der Waals surface area (Å²) in [5.41, 5.74) is 1.06. The zero-order chi connectivity index (χ0) is 24.0. The van der Waals surface area contributed by atoms with Crippen molar-refractivity contribution in [3.63, 3.8) is 0 Å². The number of anilines is 1. The van der Waals surface area contributed by atoms with Gasteiger partial charge in [0.25, 0.3) is 5.91 Å². The fourth-order valence-electron chi connectivity index (χ4n) is 3.23. The van der Waals surface area contributed by atoms with Gasteiger partial charge in [0.05, 0.1) is 12.4 Å². The quantitative estimate of drug-likeness (QED) is 0.714. The molecule has 0 spiro atoms. The summed E-state index contributed by atoms with van der Waals surface area (Å²) in [6.07, 6.45) is 3.00. The Bertz CT molecular complexity index is 931. The van der Waals surface area contributed by atoms with Crippen molar-refractivity contribution in [1.29, 1.82) is 0 Å². The molecule has 0 aliphatic carbocycles. The van der Waals surface area contributed by atoms with Crippen LogP contribution in [0.2, 0.25) is 0 Å². The van der Waals surface area contributed by atoms with Crippen LogP contribution in [-0.4, -0.2) is 64.7 Å². The molecular formula is C24H33N5O4. The number of benzene rings is 1. The molecule has 2 heterocycles. The highest BCUT2D eigenvalue weighted by Gasteiger charge is 2.26. The van der Waals surface area contributed by atoms with Crippen molar-refractivity contribution >= 4 is 17.9 Å². The number of carbonyl (C=O) groups is 2. The first kappa shape index (κ1) is 24.3. The van der Waals surface area contributed by atoms with Gasteiger partial charge in [-0.25, -0.2) is 14.8 Å². The molecule has 1 N–H and O–H groups in total. The van der Waals surface area contributed by atoms with Crippen LogP contribution in [0.25, 0.3) is 0 Å². The van der Waals surface area contributed by atoms with E-state index in [1.165, 1.54) is 0 Å². The van der Waals surface area contributed by atoms with Gasteiger partial charge in [-0.15, -0.1) is 0 Å². The average molecular weight is 456 g/mol. The van der Waals surface area contributed by atoms with Crippen LogP contribution in [0, 0.1) is 0 Å². The standard InChI is InChI=1S/C24H33N5O4/c1-17(2)27-21(30)19-8-6-18(7-9-19)16-32-20-14-25-22(26-15-20)28-10-12-29(13-11-28)23(31)33-24(3,4)5/h6-9,14-15,17H,10-13,16H2,1-5H3,(H,27,30). The van der Waals surface area contributed by atoms with Crippen LogP contribution < -0.4 is 15.0 Å². The van der Waals surface area contributed by atoms with Gasteiger partial charge in [0.15, 0.2) is 5.75 Å². The maximum Gasteiger partial charge on any atom is 0.410 e. The van der Waals surface area contributed by atoms with E-state index in [1.54, 1.807) is 29.4 Å². The van der Waals surface area contributed by atoms with Gasteiger partial charge in [-0.1, -0.05) is 12.1 Å². The Hall–Kier alpha value is -3.36. The normalized spacial score (nSPS) is 14.2. The number of ether oxygens (including phenoxy) is 2. The number of rotatable bonds is 6. The van der Waals surface area contributed by atoms with Crippen LogP contribution in [0.1, 0.15) is 50.5 Å². The smallest absolute Gasteiger partial charge is 0.410 e. The molecule has 33 heavy (non-hydrogen) atoms. The number of piperazine rings is 1. The van der Waals surface area contributed by atoms with Crippen molar-refractivity contribution in [2.75, 3.05) is 31.1 Å². The molecule has 178 valence electrons. The zero-order valence-electron chi connectivity index (χ0n) is 20.0. The number of hydrogen-bond donors (Lipinski definition) is 1. The predicted octanol–water partition coefficient (Wildman–Crippen LogP) is 3.25. The van der Waals surface area contributed by atoms with Crippen molar-refractivity contribution in [2.24, 2.45) is 0 Å². The number of aromatic nitrogens is 2. The first-order valence-electron chi connectivity index (χ1n) is 11.2. The molecule has 0 saturated carbocycles. The zero-order valence-corrected chi connectivity index (χ0v) is 20.0. The highest BCUT2D eigenvalue weighted by Crippen LogP contribution is 2.17. The summed E-state index contributed by atoms with van der Waals surface area (Å²) in [7, 11) is 0. The molecule has 0 atom stereocenters. The van der Waals surface area contributed by atoms with Crippen molar-refractivity contribution in [3.05, 3.63) is 47.8 Å². The minimum absolute atomic E-state index is 0.0895. The van der Waals surface area contributed by atoms with E-state index in [1.807, 2.05) is 51.7 Å². The van der Waals surface area contributed by atoms with Gasteiger partial charge >= 0.3 is 6.09 Å². The van der Waals surface area contributed by atoms with Gasteiger partial charge in [-0.2, -0.15) is 0 Å². The van der Waals surface area contributed by atoms with Crippen LogP contribution in [0.4, 0.5) is 10.7 Å². The lowest BCUT2D eigenvalue weighted by Gasteiger charge is -2.35. The van der Waals surface area contributed by atoms with Crippen LogP contribution in [0.15, 0.2) is 36.7 Å². The predicted molar refractivity (Wildman–Crippen MR) is 125 cm³/mol. The second-order valence-corrected chi connectivity index (χ2v) is 9.29. The van der Waals surface area contributed by atoms with Gasteiger partial charge in [-0.3, -0.25) is 4.79 Å². The third kappa shape index (κ3) is 7.34. The summed E-state index contributed by atoms with van der Waals surface area (Å²) in [5, 5.41) is 2.87. The van der Waals surface area contributed by atoms with E-state index in [4.69, 9.17) is 9.47 Å². The van der Waals surface area contributed by atoms with Crippen molar-refractivity contribution in [2.45, 2.75) is 52.9 Å². The van der Waals surface area contributed by atoms with Crippen LogP contribution in [0.5, 0.6) is 5.75 Å². The summed E-state index contributed by atoms with van der Waals surface area (Å²) in [6, 6.07) is 7.40. The average Bonchev–Trinajstić information content (AvgIpc) is 2.77. The first-order chi connectivity index (χ1) is 15.6. The molecule has 0 unspecified atom stereocenters. The van der Waals surface area contributed by atoms with Gasteiger partial charge in [0.2, 0.25) is 5.95 Å². The van der Waals surface area contributed by atoms with E-state index < -0.39 is 5.60 Å². The Labute approximate surface area is 195 Å². The topological polar surface area (TPSA) is 96.9 Å². The highest BCUT2D eigenvalue weighted by atomic mass is 16.6. The highest BCUT2D eigenvalue weighted by molar-refractivity contribution is 5.94. The van der Waals surface area contributed by atoms with E-state index in [-0.39, 0.29) is 18.0 Å². The van der Waals surface area contributed by atoms with Gasteiger partial charge in [0.1, 0.15) is 12.2 Å². The molecule has 3 rings (SSSR count). The number of hydrogen-bond acceptors (Lipinski definition) is 7. The molecule has 1 aliphatic rings. The SMILES string of the molecule is CC(C)NC(=O)c1ccc(COc2cnc(N3CCN(C(=O)OC(C)(C)C)CC3)nc2)cc1. The van der Waals surface area contributed by atoms with Gasteiger partial charge in [0, 0.05) is 37.8 Å². The van der Waals surface area contributed by atoms with E-state index in [0.29, 0.717) is 50.0 Å². The molecule has 1 aromatic carbocycles. The second kappa shape index (κ2) is 10.5. The molecule has 9 nitrogen and oxygen atoms in total. The van der Waals surface area contributed by atoms with Crippen LogP contribution in [-0.2, 0) is 11.3 Å². The molecule has 1 saturated heterocycles. The van der Waals surface area contributed by atoms with Crippen molar-refractivity contribution < 1.29 is 19.1 Å². The monoisotopic (exact) mass is 455 g/mol. The summed E-state index contributed by atoms with van der Waals surface area (Å²) in [4.78, 5) is 36.8. The third-order valence-electron chi connectivity index (χ3n) is 4.87. The van der Waals surface area contributed by atoms with Gasteiger partial charge < -0.3 is 24.6 Å². The van der Waals surface area contributed by atoms with Crippen LogP contribution in [0.3, 0.4) is 0 Å². The summed E-state index contributed by atoms with van der Waals surface area (Å²) in [5.74, 6) is 1.08. The van der Waals surface area contributed by atoms with E-state index in [2.05, 4.69) is 15.3 Å². The van der Waals surface area contributed by atoms with E-state index in [0.717, 1.165) is 5.56 Å². The maximum absolute atomic E-state index is 12.2. The molecule has 9 heteroatoms. The van der Waals surface area contributed by atoms with E-state index in [9.17, 15) is 9.59 Å². The van der Waals surface area contributed by atoms with E-state index >= 15 is 0 Å². The third-order valence-corrected chi connectivity index (χ3v) is 4.87. The lowest BCUT2D eigenvalue weighted by atomic mass is 10.1. The Morgan fingerprint density at radius 2 is 1.64 bits per heavy atom. The molecular weight excluding hydrogens is 422 g/mol. The summed E-state index contributed by atoms with van der Waals surface area (Å²) < 4.78 is 11.2. The molecule has 1 aromatic heterocycles. The molecule has 0 bridgehead atoms. The number of nitrogens with zero attached hydrogens (tertiary/aromatic N) is 4. The fourth-order valence-corrected chi connectivity index (χ4v) is 3.23. The minimum atomic E-state index is -0.502. The Morgan fingerprint density at radius 3 is 2.18 bits per heavy atom. The lowest BCUT2D eigenvalue weighted by Crippen LogP contribution is -2.50. The molecule has 1 aliphatic heterocycles. The molecule has 1 fully saturated rings. The Balaban J connectivity index is 1.47. The van der Waals surface area contributed by atoms with Crippen LogP contribution >= 0.6 is 0 Å². The lowest BCUT2D eigenvalue weighted by molar-refractivity contribution is 0.0240. The summed E-state index contributed by atoms with van der Waals surface area (Å²) in [6.45, 7) is 12.2. The summed E-state index contributed by atoms with van der Waals surface area (Å²) >= 11 is 0. The molecule has 2 aromatic rings. The molecule has 0 radical (unpaired) electrons. The fraction of sp³-hybridized carbons (Fsp3) is 0.500. The maximum atomic E-state index is 12.2. The Kier molecular flexibility index (Phi) is 7.73. The van der Waals surface area contributed by atoms with Crippen molar-refractivity contribution in [3.8, 4) is 5.75 Å². The van der Waals surface area contributed by atoms with Gasteiger partial charge in [-0.05, 0) is 52.3 Å². The van der Waals surface area contributed by atoms with Crippen molar-refractivity contribution in [1.82, 2.24) is 20.2 Å². The number of carbonyl (C=O) groups excluding carboxylic acids is 2. The minimum Gasteiger partial charge on any atom is -0.486 e.